The minimum atomic E-state index is -0.854. The number of nitrogens with zero attached hydrogens (tertiary/aromatic N) is 1. The van der Waals surface area contributed by atoms with Gasteiger partial charge in [-0.2, -0.15) is 0 Å². The second kappa shape index (κ2) is 9.58. The van der Waals surface area contributed by atoms with Gasteiger partial charge in [0.2, 0.25) is 0 Å². The van der Waals surface area contributed by atoms with Gasteiger partial charge in [-0.1, -0.05) is 79.9 Å². The van der Waals surface area contributed by atoms with Crippen LogP contribution in [-0.2, 0) is 12.0 Å². The first-order valence-corrected chi connectivity index (χ1v) is 12.1. The Hall–Kier alpha value is -2.82. The number of hydrogen-bond donors (Lipinski definition) is 2. The van der Waals surface area contributed by atoms with Crippen molar-refractivity contribution in [2.24, 2.45) is 0 Å². The molecule has 5 rings (SSSR count). The second-order valence-electron chi connectivity index (χ2n) is 9.53. The van der Waals surface area contributed by atoms with Gasteiger partial charge in [0, 0.05) is 17.6 Å². The van der Waals surface area contributed by atoms with Crippen LogP contribution in [-0.4, -0.2) is 29.5 Å². The molecule has 0 amide bonds. The molecule has 33 heavy (non-hydrogen) atoms. The number of rotatable bonds is 7. The van der Waals surface area contributed by atoms with Crippen molar-refractivity contribution in [1.82, 2.24) is 0 Å². The number of benzene rings is 3. The van der Waals surface area contributed by atoms with Gasteiger partial charge in [0.15, 0.2) is 0 Å². The molecule has 0 aromatic heterocycles. The van der Waals surface area contributed by atoms with E-state index >= 15 is 0 Å². The lowest BCUT2D eigenvalue weighted by molar-refractivity contribution is 0.0703. The van der Waals surface area contributed by atoms with E-state index in [1.54, 1.807) is 0 Å². The Morgan fingerprint density at radius 3 is 2.27 bits per heavy atom. The Labute approximate surface area is 196 Å². The molecule has 1 heterocycles. The third kappa shape index (κ3) is 4.38. The zero-order chi connectivity index (χ0) is 22.7. The van der Waals surface area contributed by atoms with Crippen molar-refractivity contribution in [1.29, 1.82) is 0 Å². The predicted octanol–water partition coefficient (Wildman–Crippen LogP) is 5.38. The molecule has 172 valence electrons. The molecule has 0 unspecified atom stereocenters. The quantitative estimate of drug-likeness (QED) is 0.515. The highest BCUT2D eigenvalue weighted by molar-refractivity contribution is 5.66. The van der Waals surface area contributed by atoms with Crippen LogP contribution < -0.4 is 9.64 Å². The van der Waals surface area contributed by atoms with Gasteiger partial charge in [-0.15, -0.1) is 0 Å². The van der Waals surface area contributed by atoms with Gasteiger partial charge in [0.1, 0.15) is 18.5 Å². The van der Waals surface area contributed by atoms with E-state index in [1.165, 1.54) is 24.8 Å². The van der Waals surface area contributed by atoms with Crippen molar-refractivity contribution >= 4 is 5.69 Å². The van der Waals surface area contributed by atoms with Gasteiger partial charge in [-0.3, -0.25) is 0 Å². The minimum Gasteiger partial charge on any atom is -0.489 e. The average Bonchev–Trinajstić information content (AvgIpc) is 3.17. The van der Waals surface area contributed by atoms with Crippen LogP contribution in [0, 0.1) is 0 Å². The molecule has 0 radical (unpaired) electrons. The Bertz CT molecular complexity index is 1050. The molecule has 1 aliphatic carbocycles. The molecule has 3 aromatic carbocycles. The number of ether oxygens (including phenoxy) is 1. The van der Waals surface area contributed by atoms with Crippen LogP contribution in [0.2, 0.25) is 0 Å². The molecule has 1 saturated carbocycles. The van der Waals surface area contributed by atoms with Crippen LogP contribution in [0.15, 0.2) is 78.9 Å². The monoisotopic (exact) mass is 443 g/mol. The highest BCUT2D eigenvalue weighted by Gasteiger charge is 2.46. The number of fused-ring (bicyclic) bond motifs is 2. The van der Waals surface area contributed by atoms with Gasteiger partial charge in [0.25, 0.3) is 0 Å². The van der Waals surface area contributed by atoms with E-state index in [-0.39, 0.29) is 18.1 Å². The van der Waals surface area contributed by atoms with Gasteiger partial charge in [-0.25, -0.2) is 0 Å². The SMILES string of the molecule is OC[C@@H](O)[C@H](c1ccccc1)N1CC2(CCCCC2)c2cc(OCc3ccccc3)ccc21. The van der Waals surface area contributed by atoms with Crippen LogP contribution in [0.25, 0.3) is 0 Å². The first kappa shape index (κ1) is 22.0. The van der Waals surface area contributed by atoms with E-state index < -0.39 is 6.10 Å². The number of aliphatic hydroxyl groups excluding tert-OH is 2. The fourth-order valence-corrected chi connectivity index (χ4v) is 5.78. The molecule has 4 nitrogen and oxygen atoms in total. The summed E-state index contributed by atoms with van der Waals surface area (Å²) in [6.45, 7) is 1.14. The van der Waals surface area contributed by atoms with Crippen molar-refractivity contribution in [3.63, 3.8) is 0 Å². The van der Waals surface area contributed by atoms with Crippen molar-refractivity contribution in [3.8, 4) is 5.75 Å². The molecule has 0 bridgehead atoms. The molecule has 2 N–H and O–H groups in total. The molecule has 1 fully saturated rings. The summed E-state index contributed by atoms with van der Waals surface area (Å²) in [5, 5.41) is 20.8. The molecule has 3 aromatic rings. The topological polar surface area (TPSA) is 52.9 Å². The van der Waals surface area contributed by atoms with Crippen LogP contribution in [0.1, 0.15) is 54.8 Å². The van der Waals surface area contributed by atoms with E-state index in [1.807, 2.05) is 54.6 Å². The molecule has 2 aliphatic rings. The number of anilines is 1. The normalized spacial score (nSPS) is 18.7. The summed E-state index contributed by atoms with van der Waals surface area (Å²) in [6, 6.07) is 26.5. The molecular formula is C29H33NO3. The van der Waals surface area contributed by atoms with Crippen LogP contribution in [0.3, 0.4) is 0 Å². The highest BCUT2D eigenvalue weighted by atomic mass is 16.5. The maximum atomic E-state index is 10.9. The summed E-state index contributed by atoms with van der Waals surface area (Å²) in [7, 11) is 0. The second-order valence-corrected chi connectivity index (χ2v) is 9.53. The van der Waals surface area contributed by atoms with Crippen molar-refractivity contribution < 1.29 is 14.9 Å². The van der Waals surface area contributed by atoms with Crippen LogP contribution >= 0.6 is 0 Å². The minimum absolute atomic E-state index is 0.0713. The van der Waals surface area contributed by atoms with Crippen molar-refractivity contribution in [2.75, 3.05) is 18.1 Å². The average molecular weight is 444 g/mol. The Kier molecular flexibility index (Phi) is 6.39. The third-order valence-electron chi connectivity index (χ3n) is 7.41. The Balaban J connectivity index is 1.51. The molecule has 1 spiro atoms. The molecule has 0 saturated heterocycles. The standard InChI is InChI=1S/C29H33NO3/c31-19-27(32)28(23-12-6-2-7-13-23)30-21-29(16-8-3-9-17-29)25-18-24(14-15-26(25)30)33-20-22-10-4-1-5-11-22/h1-2,4-7,10-15,18,27-28,31-32H,3,8-9,16-17,19-21H2/t27-,28+/m1/s1. The summed E-state index contributed by atoms with van der Waals surface area (Å²) >= 11 is 0. The van der Waals surface area contributed by atoms with E-state index in [4.69, 9.17) is 4.74 Å². The van der Waals surface area contributed by atoms with Gasteiger partial charge >= 0.3 is 0 Å². The van der Waals surface area contributed by atoms with Gasteiger partial charge < -0.3 is 19.8 Å². The van der Waals surface area contributed by atoms with Crippen molar-refractivity contribution in [3.05, 3.63) is 95.6 Å². The maximum Gasteiger partial charge on any atom is 0.120 e. The van der Waals surface area contributed by atoms with E-state index in [9.17, 15) is 10.2 Å². The van der Waals surface area contributed by atoms with Crippen LogP contribution in [0.5, 0.6) is 5.75 Å². The van der Waals surface area contributed by atoms with Crippen LogP contribution in [0.4, 0.5) is 5.69 Å². The zero-order valence-corrected chi connectivity index (χ0v) is 19.1. The maximum absolute atomic E-state index is 10.9. The third-order valence-corrected chi connectivity index (χ3v) is 7.41. The summed E-state index contributed by atoms with van der Waals surface area (Å²) < 4.78 is 6.19. The molecule has 1 aliphatic heterocycles. The lowest BCUT2D eigenvalue weighted by Crippen LogP contribution is -2.42. The van der Waals surface area contributed by atoms with E-state index in [0.29, 0.717) is 6.61 Å². The van der Waals surface area contributed by atoms with Gasteiger partial charge in [-0.05, 0) is 47.7 Å². The first-order chi connectivity index (χ1) is 16.2. The largest absolute Gasteiger partial charge is 0.489 e. The fourth-order valence-electron chi connectivity index (χ4n) is 5.78. The summed E-state index contributed by atoms with van der Waals surface area (Å²) in [6.07, 6.45) is 5.17. The Morgan fingerprint density at radius 1 is 0.879 bits per heavy atom. The predicted molar refractivity (Wildman–Crippen MR) is 132 cm³/mol. The summed E-state index contributed by atoms with van der Waals surface area (Å²) in [4.78, 5) is 2.33. The first-order valence-electron chi connectivity index (χ1n) is 12.1. The Morgan fingerprint density at radius 2 is 1.58 bits per heavy atom. The lowest BCUT2D eigenvalue weighted by atomic mass is 9.70. The lowest BCUT2D eigenvalue weighted by Gasteiger charge is -2.38. The smallest absolute Gasteiger partial charge is 0.120 e. The molecule has 4 heteroatoms. The van der Waals surface area contributed by atoms with Crippen molar-refractivity contribution in [2.45, 2.75) is 56.3 Å². The number of hydrogen-bond acceptors (Lipinski definition) is 4. The fraction of sp³-hybridized carbons (Fsp3) is 0.379. The summed E-state index contributed by atoms with van der Waals surface area (Å²) in [5.74, 6) is 0.892. The van der Waals surface area contributed by atoms with E-state index in [2.05, 4.69) is 29.2 Å². The zero-order valence-electron chi connectivity index (χ0n) is 19.1. The van der Waals surface area contributed by atoms with E-state index in [0.717, 1.165) is 42.0 Å². The van der Waals surface area contributed by atoms with Gasteiger partial charge in [0.05, 0.1) is 12.6 Å². The highest BCUT2D eigenvalue weighted by Crippen LogP contribution is 2.52. The molecule has 2 atom stereocenters. The molecular weight excluding hydrogens is 410 g/mol. The summed E-state index contributed by atoms with van der Waals surface area (Å²) in [5.41, 5.74) is 4.75. The number of aliphatic hydroxyl groups is 2.